The van der Waals surface area contributed by atoms with E-state index in [4.69, 9.17) is 0 Å². The summed E-state index contributed by atoms with van der Waals surface area (Å²) in [4.78, 5) is 0. The average molecular weight is 130 g/mol. The number of hydrogen-bond donors (Lipinski definition) is 3. The number of thiol groups is 1. The molecule has 2 nitrogen and oxygen atoms in total. The van der Waals surface area contributed by atoms with Gasteiger partial charge < -0.3 is 5.32 Å². The summed E-state index contributed by atoms with van der Waals surface area (Å²) in [7, 11) is 0. The average Bonchev–Trinajstić information content (AvgIpc) is 1.77. The molecule has 2 N–H and O–H groups in total. The molecule has 1 atom stereocenters. The third kappa shape index (κ3) is 1.42. The monoisotopic (exact) mass is 130 g/mol. The molecule has 0 aromatic carbocycles. The van der Waals surface area contributed by atoms with E-state index in [0.29, 0.717) is 0 Å². The molecule has 0 radical (unpaired) electrons. The van der Waals surface area contributed by atoms with Crippen LogP contribution in [0.3, 0.4) is 0 Å². The molecule has 0 fully saturated rings. The van der Waals surface area contributed by atoms with Crippen molar-refractivity contribution in [3.63, 3.8) is 0 Å². The first-order valence-electron chi connectivity index (χ1n) is 2.62. The van der Waals surface area contributed by atoms with Crippen LogP contribution in [0.5, 0.6) is 0 Å². The van der Waals surface area contributed by atoms with Crippen molar-refractivity contribution < 1.29 is 0 Å². The van der Waals surface area contributed by atoms with E-state index in [9.17, 15) is 0 Å². The Morgan fingerprint density at radius 3 is 3.00 bits per heavy atom. The first kappa shape index (κ1) is 5.98. The number of hydrogen-bond acceptors (Lipinski definition) is 3. The second-order valence-corrected chi connectivity index (χ2v) is 2.46. The van der Waals surface area contributed by atoms with Gasteiger partial charge in [-0.25, -0.2) is 0 Å². The normalized spacial score (nSPS) is 28.8. The van der Waals surface area contributed by atoms with E-state index < -0.39 is 0 Å². The molecular formula is C5H10N2S. The molecule has 0 bridgehead atoms. The van der Waals surface area contributed by atoms with Crippen LogP contribution in [0.2, 0.25) is 0 Å². The minimum atomic E-state index is 0.138. The first-order chi connectivity index (χ1) is 3.79. The molecule has 0 spiro atoms. The van der Waals surface area contributed by atoms with E-state index in [-0.39, 0.29) is 5.50 Å². The lowest BCUT2D eigenvalue weighted by Crippen LogP contribution is -2.39. The second kappa shape index (κ2) is 2.42. The molecule has 0 saturated heterocycles. The van der Waals surface area contributed by atoms with Crippen molar-refractivity contribution >= 4 is 12.6 Å². The van der Waals surface area contributed by atoms with Crippen LogP contribution in [0.1, 0.15) is 6.92 Å². The smallest absolute Gasteiger partial charge is 0.122 e. The summed E-state index contributed by atoms with van der Waals surface area (Å²) in [6, 6.07) is 0. The van der Waals surface area contributed by atoms with Gasteiger partial charge in [-0.3, -0.25) is 5.32 Å². The molecule has 1 rings (SSSR count). The third-order valence-electron chi connectivity index (χ3n) is 1.06. The summed E-state index contributed by atoms with van der Waals surface area (Å²) in [6.07, 6.45) is 1.98. The van der Waals surface area contributed by atoms with E-state index in [1.54, 1.807) is 0 Å². The molecule has 0 aromatic rings. The number of nitrogens with one attached hydrogen (secondary N) is 2. The van der Waals surface area contributed by atoms with Gasteiger partial charge in [0.25, 0.3) is 0 Å². The molecule has 8 heavy (non-hydrogen) atoms. The zero-order valence-corrected chi connectivity index (χ0v) is 5.70. The lowest BCUT2D eigenvalue weighted by molar-refractivity contribution is 0.606. The van der Waals surface area contributed by atoms with E-state index in [1.165, 1.54) is 5.57 Å². The fourth-order valence-corrected chi connectivity index (χ4v) is 0.755. The summed E-state index contributed by atoms with van der Waals surface area (Å²) in [6.45, 7) is 3.01. The van der Waals surface area contributed by atoms with E-state index in [1.807, 2.05) is 6.20 Å². The van der Waals surface area contributed by atoms with Crippen molar-refractivity contribution in [3.05, 3.63) is 11.8 Å². The Bertz CT molecular complexity index is 111. The molecule has 0 saturated carbocycles. The van der Waals surface area contributed by atoms with Gasteiger partial charge in [-0.05, 0) is 18.7 Å². The Kier molecular flexibility index (Phi) is 1.81. The molecule has 1 aliphatic rings. The van der Waals surface area contributed by atoms with E-state index in [2.05, 4.69) is 30.2 Å². The highest BCUT2D eigenvalue weighted by molar-refractivity contribution is 7.80. The largest absolute Gasteiger partial charge is 0.368 e. The van der Waals surface area contributed by atoms with Crippen LogP contribution in [0.15, 0.2) is 11.8 Å². The van der Waals surface area contributed by atoms with Gasteiger partial charge in [-0.15, -0.1) is 12.6 Å². The highest BCUT2D eigenvalue weighted by Gasteiger charge is 2.02. The van der Waals surface area contributed by atoms with Crippen LogP contribution in [0, 0.1) is 0 Å². The summed E-state index contributed by atoms with van der Waals surface area (Å²) in [5.41, 5.74) is 1.45. The van der Waals surface area contributed by atoms with Crippen LogP contribution >= 0.6 is 12.6 Å². The van der Waals surface area contributed by atoms with Crippen LogP contribution in [0.4, 0.5) is 0 Å². The van der Waals surface area contributed by atoms with Crippen molar-refractivity contribution in [3.8, 4) is 0 Å². The molecule has 1 heterocycles. The van der Waals surface area contributed by atoms with Crippen LogP contribution < -0.4 is 10.6 Å². The van der Waals surface area contributed by atoms with E-state index in [0.717, 1.165) is 6.54 Å². The van der Waals surface area contributed by atoms with Gasteiger partial charge in [0.05, 0.1) is 0 Å². The number of rotatable bonds is 0. The second-order valence-electron chi connectivity index (χ2n) is 1.94. The Hall–Kier alpha value is -0.150. The van der Waals surface area contributed by atoms with Gasteiger partial charge in [-0.1, -0.05) is 0 Å². The topological polar surface area (TPSA) is 24.1 Å². The fraction of sp³-hybridized carbons (Fsp3) is 0.600. The van der Waals surface area contributed by atoms with Crippen molar-refractivity contribution in [1.82, 2.24) is 10.6 Å². The molecule has 1 unspecified atom stereocenters. The highest BCUT2D eigenvalue weighted by atomic mass is 32.1. The van der Waals surface area contributed by atoms with Crippen LogP contribution in [-0.2, 0) is 0 Å². The minimum Gasteiger partial charge on any atom is -0.368 e. The zero-order valence-electron chi connectivity index (χ0n) is 4.81. The van der Waals surface area contributed by atoms with Crippen molar-refractivity contribution in [1.29, 1.82) is 0 Å². The van der Waals surface area contributed by atoms with Crippen molar-refractivity contribution in [2.75, 3.05) is 6.54 Å². The van der Waals surface area contributed by atoms with Gasteiger partial charge in [0, 0.05) is 6.54 Å². The third-order valence-corrected chi connectivity index (χ3v) is 1.39. The maximum absolute atomic E-state index is 4.14. The SMILES string of the molecule is CC1=CNC(S)NC1. The molecule has 0 aromatic heterocycles. The molecule has 0 amide bonds. The van der Waals surface area contributed by atoms with Gasteiger partial charge in [0.1, 0.15) is 5.50 Å². The quantitative estimate of drug-likeness (QED) is 0.411. The Morgan fingerprint density at radius 1 is 1.88 bits per heavy atom. The van der Waals surface area contributed by atoms with E-state index >= 15 is 0 Å². The summed E-state index contributed by atoms with van der Waals surface area (Å²) in [5.74, 6) is 0. The zero-order chi connectivity index (χ0) is 5.98. The fourth-order valence-electron chi connectivity index (χ4n) is 0.589. The van der Waals surface area contributed by atoms with Gasteiger partial charge in [0.15, 0.2) is 0 Å². The standard InChI is InChI=1S/C5H10N2S/c1-4-2-6-5(8)7-3-4/h2,5-8H,3H2,1H3. The summed E-state index contributed by atoms with van der Waals surface area (Å²) in [5, 5.41) is 6.14. The molecular weight excluding hydrogens is 120 g/mol. The Balaban J connectivity index is 2.42. The maximum atomic E-state index is 4.14. The minimum absolute atomic E-state index is 0.138. The van der Waals surface area contributed by atoms with Gasteiger partial charge in [-0.2, -0.15) is 0 Å². The van der Waals surface area contributed by atoms with Crippen molar-refractivity contribution in [2.24, 2.45) is 0 Å². The lowest BCUT2D eigenvalue weighted by Gasteiger charge is -2.18. The van der Waals surface area contributed by atoms with Gasteiger partial charge >= 0.3 is 0 Å². The lowest BCUT2D eigenvalue weighted by atomic mass is 10.3. The Labute approximate surface area is 54.8 Å². The Morgan fingerprint density at radius 2 is 2.62 bits per heavy atom. The predicted octanol–water partition coefficient (Wildman–Crippen LogP) is 0.296. The summed E-state index contributed by atoms with van der Waals surface area (Å²) >= 11 is 4.14. The van der Waals surface area contributed by atoms with Crippen LogP contribution in [0.25, 0.3) is 0 Å². The highest BCUT2D eigenvalue weighted by Crippen LogP contribution is 1.96. The maximum Gasteiger partial charge on any atom is 0.122 e. The molecule has 46 valence electrons. The summed E-state index contributed by atoms with van der Waals surface area (Å²) < 4.78 is 0. The van der Waals surface area contributed by atoms with Crippen molar-refractivity contribution in [2.45, 2.75) is 12.4 Å². The molecule has 0 aliphatic carbocycles. The van der Waals surface area contributed by atoms with Crippen LogP contribution in [-0.4, -0.2) is 12.0 Å². The molecule has 3 heteroatoms. The predicted molar refractivity (Wildman–Crippen MR) is 37.7 cm³/mol. The molecule has 1 aliphatic heterocycles. The van der Waals surface area contributed by atoms with Gasteiger partial charge in [0.2, 0.25) is 0 Å². The first-order valence-corrected chi connectivity index (χ1v) is 3.14.